The molecule has 2 aliphatic rings. The lowest BCUT2D eigenvalue weighted by molar-refractivity contribution is -0.125. The molecule has 2 aromatic carbocycles. The van der Waals surface area contributed by atoms with Crippen molar-refractivity contribution in [1.82, 2.24) is 10.2 Å². The van der Waals surface area contributed by atoms with Crippen molar-refractivity contribution in [3.8, 4) is 0 Å². The molecule has 0 spiro atoms. The number of benzene rings is 2. The van der Waals surface area contributed by atoms with Gasteiger partial charge in [-0.25, -0.2) is 0 Å². The van der Waals surface area contributed by atoms with E-state index in [0.29, 0.717) is 6.04 Å². The van der Waals surface area contributed by atoms with Crippen LogP contribution in [0.3, 0.4) is 0 Å². The van der Waals surface area contributed by atoms with Crippen LogP contribution in [-0.4, -0.2) is 30.4 Å². The smallest absolute Gasteiger partial charge is 0.223 e. The van der Waals surface area contributed by atoms with Crippen LogP contribution in [0, 0.1) is 5.92 Å². The third-order valence-corrected chi connectivity index (χ3v) is 5.85. The molecule has 1 aliphatic carbocycles. The van der Waals surface area contributed by atoms with Crippen LogP contribution in [0.2, 0.25) is 0 Å². The van der Waals surface area contributed by atoms with Gasteiger partial charge in [-0.1, -0.05) is 48.5 Å². The molecule has 2 atom stereocenters. The molecule has 25 heavy (non-hydrogen) atoms. The Morgan fingerprint density at radius 2 is 1.64 bits per heavy atom. The average molecular weight is 334 g/mol. The van der Waals surface area contributed by atoms with Crippen molar-refractivity contribution in [3.05, 3.63) is 70.8 Å². The zero-order valence-electron chi connectivity index (χ0n) is 14.9. The Kier molecular flexibility index (Phi) is 4.58. The van der Waals surface area contributed by atoms with E-state index in [1.54, 1.807) is 0 Å². The number of aryl methyl sites for hydroxylation is 1. The van der Waals surface area contributed by atoms with Crippen LogP contribution < -0.4 is 5.32 Å². The largest absolute Gasteiger partial charge is 0.354 e. The summed E-state index contributed by atoms with van der Waals surface area (Å²) in [7, 11) is 2.16. The minimum Gasteiger partial charge on any atom is -0.354 e. The van der Waals surface area contributed by atoms with Gasteiger partial charge in [-0.05, 0) is 55.0 Å². The minimum absolute atomic E-state index is 0.121. The van der Waals surface area contributed by atoms with Gasteiger partial charge in [0.2, 0.25) is 5.91 Å². The predicted octanol–water partition coefficient (Wildman–Crippen LogP) is 2.96. The summed E-state index contributed by atoms with van der Waals surface area (Å²) in [4.78, 5) is 15.0. The molecule has 130 valence electrons. The van der Waals surface area contributed by atoms with E-state index in [2.05, 4.69) is 65.8 Å². The van der Waals surface area contributed by atoms with Gasteiger partial charge in [0.1, 0.15) is 0 Å². The maximum atomic E-state index is 12.7. The van der Waals surface area contributed by atoms with Gasteiger partial charge < -0.3 is 5.32 Å². The molecule has 0 aromatic heterocycles. The second-order valence-corrected chi connectivity index (χ2v) is 7.50. The minimum atomic E-state index is 0.121. The number of nitrogens with zero attached hydrogens (tertiary/aromatic N) is 1. The van der Waals surface area contributed by atoms with Crippen molar-refractivity contribution >= 4 is 5.91 Å². The van der Waals surface area contributed by atoms with Crippen LogP contribution in [0.15, 0.2) is 48.5 Å². The first kappa shape index (κ1) is 16.3. The highest BCUT2D eigenvalue weighted by atomic mass is 16.1. The number of amides is 1. The third-order valence-electron chi connectivity index (χ3n) is 5.85. The van der Waals surface area contributed by atoms with Crippen molar-refractivity contribution in [2.45, 2.75) is 38.3 Å². The van der Waals surface area contributed by atoms with Gasteiger partial charge in [-0.15, -0.1) is 0 Å². The third kappa shape index (κ3) is 3.47. The monoisotopic (exact) mass is 334 g/mol. The summed E-state index contributed by atoms with van der Waals surface area (Å²) in [5, 5.41) is 3.23. The van der Waals surface area contributed by atoms with Crippen LogP contribution in [0.1, 0.15) is 28.7 Å². The topological polar surface area (TPSA) is 32.3 Å². The predicted molar refractivity (Wildman–Crippen MR) is 100 cm³/mol. The van der Waals surface area contributed by atoms with Crippen molar-refractivity contribution < 1.29 is 4.79 Å². The SMILES string of the molecule is CN1Cc2ccccc2CC1CNC(=O)[C@@H]1CCc2ccccc2C1. The standard InChI is InChI=1S/C22H26N2O/c1-24-15-20-9-5-4-8-18(20)13-21(24)14-23-22(25)19-11-10-16-6-2-3-7-17(16)12-19/h2-9,19,21H,10-15H2,1H3,(H,23,25)/t19-,21?/m1/s1. The lowest BCUT2D eigenvalue weighted by Crippen LogP contribution is -2.47. The Balaban J connectivity index is 1.35. The molecule has 1 heterocycles. The van der Waals surface area contributed by atoms with Crippen LogP contribution in [0.4, 0.5) is 0 Å². The summed E-state index contributed by atoms with van der Waals surface area (Å²) in [6.45, 7) is 1.70. The van der Waals surface area contributed by atoms with Gasteiger partial charge in [0.25, 0.3) is 0 Å². The number of hydrogen-bond donors (Lipinski definition) is 1. The lowest BCUT2D eigenvalue weighted by Gasteiger charge is -2.34. The molecule has 1 amide bonds. The molecule has 3 nitrogen and oxygen atoms in total. The summed E-state index contributed by atoms with van der Waals surface area (Å²) >= 11 is 0. The number of carbonyl (C=O) groups is 1. The van der Waals surface area contributed by atoms with E-state index in [4.69, 9.17) is 0 Å². The molecule has 0 bridgehead atoms. The number of rotatable bonds is 3. The molecule has 0 radical (unpaired) electrons. The van der Waals surface area contributed by atoms with Crippen molar-refractivity contribution in [2.24, 2.45) is 5.92 Å². The van der Waals surface area contributed by atoms with E-state index in [9.17, 15) is 4.79 Å². The highest BCUT2D eigenvalue weighted by molar-refractivity contribution is 5.79. The molecule has 1 aliphatic heterocycles. The Bertz CT molecular complexity index is 770. The first-order chi connectivity index (χ1) is 12.2. The second kappa shape index (κ2) is 7.01. The van der Waals surface area contributed by atoms with Crippen molar-refractivity contribution in [3.63, 3.8) is 0 Å². The highest BCUT2D eigenvalue weighted by Crippen LogP contribution is 2.26. The molecule has 0 saturated heterocycles. The first-order valence-corrected chi connectivity index (χ1v) is 9.32. The molecule has 3 heteroatoms. The summed E-state index contributed by atoms with van der Waals surface area (Å²) < 4.78 is 0. The number of hydrogen-bond acceptors (Lipinski definition) is 2. The molecule has 1 N–H and O–H groups in total. The lowest BCUT2D eigenvalue weighted by atomic mass is 9.83. The van der Waals surface area contributed by atoms with Crippen LogP contribution in [-0.2, 0) is 30.6 Å². The van der Waals surface area contributed by atoms with Crippen molar-refractivity contribution in [2.75, 3.05) is 13.6 Å². The van der Waals surface area contributed by atoms with Gasteiger partial charge in [0.05, 0.1) is 0 Å². The maximum Gasteiger partial charge on any atom is 0.223 e. The van der Waals surface area contributed by atoms with E-state index in [1.807, 2.05) is 0 Å². The number of fused-ring (bicyclic) bond motifs is 2. The van der Waals surface area contributed by atoms with Crippen LogP contribution in [0.25, 0.3) is 0 Å². The normalized spacial score (nSPS) is 22.8. The van der Waals surface area contributed by atoms with Crippen LogP contribution in [0.5, 0.6) is 0 Å². The summed E-state index contributed by atoms with van der Waals surface area (Å²) in [6, 6.07) is 17.6. The van der Waals surface area contributed by atoms with E-state index >= 15 is 0 Å². The molecular weight excluding hydrogens is 308 g/mol. The average Bonchev–Trinajstić information content (AvgIpc) is 2.65. The van der Waals surface area contributed by atoms with Gasteiger partial charge in [0.15, 0.2) is 0 Å². The number of likely N-dealkylation sites (N-methyl/N-ethyl adjacent to an activating group) is 1. The molecular formula is C22H26N2O. The second-order valence-electron chi connectivity index (χ2n) is 7.50. The molecule has 1 unspecified atom stereocenters. The fraction of sp³-hybridized carbons (Fsp3) is 0.409. The Morgan fingerprint density at radius 3 is 2.40 bits per heavy atom. The Hall–Kier alpha value is -2.13. The summed E-state index contributed by atoms with van der Waals surface area (Å²) in [5.74, 6) is 0.345. The number of carbonyl (C=O) groups excluding carboxylic acids is 1. The number of nitrogens with one attached hydrogen (secondary N) is 1. The van der Waals surface area contributed by atoms with Crippen molar-refractivity contribution in [1.29, 1.82) is 0 Å². The Labute approximate surface area is 150 Å². The first-order valence-electron chi connectivity index (χ1n) is 9.32. The summed E-state index contributed by atoms with van der Waals surface area (Å²) in [5.41, 5.74) is 5.59. The molecule has 2 aromatic rings. The molecule has 0 fully saturated rings. The van der Waals surface area contributed by atoms with E-state index in [0.717, 1.165) is 38.8 Å². The van der Waals surface area contributed by atoms with Gasteiger partial charge in [0, 0.05) is 25.0 Å². The van der Waals surface area contributed by atoms with Gasteiger partial charge >= 0.3 is 0 Å². The van der Waals surface area contributed by atoms with Crippen LogP contribution >= 0.6 is 0 Å². The maximum absolute atomic E-state index is 12.7. The fourth-order valence-electron chi connectivity index (χ4n) is 4.23. The molecule has 4 rings (SSSR count). The zero-order chi connectivity index (χ0) is 17.2. The highest BCUT2D eigenvalue weighted by Gasteiger charge is 2.27. The van der Waals surface area contributed by atoms with E-state index in [1.165, 1.54) is 22.3 Å². The van der Waals surface area contributed by atoms with Gasteiger partial charge in [-0.2, -0.15) is 0 Å². The zero-order valence-corrected chi connectivity index (χ0v) is 14.9. The van der Waals surface area contributed by atoms with E-state index < -0.39 is 0 Å². The fourth-order valence-corrected chi connectivity index (χ4v) is 4.23. The van der Waals surface area contributed by atoms with Gasteiger partial charge in [-0.3, -0.25) is 9.69 Å². The van der Waals surface area contributed by atoms with E-state index in [-0.39, 0.29) is 11.8 Å². The summed E-state index contributed by atoms with van der Waals surface area (Å²) in [6.07, 6.45) is 3.88. The molecule has 0 saturated carbocycles. The quantitative estimate of drug-likeness (QED) is 0.936. The Morgan fingerprint density at radius 1 is 1.00 bits per heavy atom.